The summed E-state index contributed by atoms with van der Waals surface area (Å²) in [6.45, 7) is 0. The SMILES string of the molecule is Cl[C@H]1C[C@@H]2[C@H]3[C@@H]4[C@H]5CC[C@H]5[C@@H]4[C@H]3[C@@H]21. The number of hydrogen-bond acceptors (Lipinski definition) is 0. The zero-order valence-corrected chi connectivity index (χ0v) is 8.45. The van der Waals surface area contributed by atoms with Crippen LogP contribution >= 0.6 is 11.6 Å². The van der Waals surface area contributed by atoms with Gasteiger partial charge in [-0.05, 0) is 66.6 Å². The van der Waals surface area contributed by atoms with E-state index in [-0.39, 0.29) is 0 Å². The first-order valence-electron chi connectivity index (χ1n) is 6.02. The summed E-state index contributed by atoms with van der Waals surface area (Å²) in [6, 6.07) is 0. The van der Waals surface area contributed by atoms with Gasteiger partial charge in [-0.25, -0.2) is 0 Å². The largest absolute Gasteiger partial charge is 0.123 e. The molecular weight excluding hydrogens is 180 g/mol. The Labute approximate surface area is 84.0 Å². The molecule has 0 amide bonds. The molecule has 9 atom stereocenters. The lowest BCUT2D eigenvalue weighted by molar-refractivity contribution is -0.358. The third kappa shape index (κ3) is 0.458. The highest BCUT2D eigenvalue weighted by Crippen LogP contribution is 2.83. The van der Waals surface area contributed by atoms with E-state index in [1.54, 1.807) is 12.8 Å². The number of alkyl halides is 1. The Morgan fingerprint density at radius 3 is 1.92 bits per heavy atom. The topological polar surface area (TPSA) is 0 Å². The molecule has 0 saturated heterocycles. The van der Waals surface area contributed by atoms with Crippen molar-refractivity contribution in [2.45, 2.75) is 24.6 Å². The van der Waals surface area contributed by atoms with E-state index < -0.39 is 0 Å². The van der Waals surface area contributed by atoms with E-state index in [2.05, 4.69) is 0 Å². The zero-order chi connectivity index (χ0) is 8.32. The van der Waals surface area contributed by atoms with Crippen LogP contribution in [0, 0.1) is 47.3 Å². The lowest BCUT2D eigenvalue weighted by Gasteiger charge is -2.84. The van der Waals surface area contributed by atoms with Gasteiger partial charge in [0.05, 0.1) is 0 Å². The molecule has 0 aromatic heterocycles. The van der Waals surface area contributed by atoms with Gasteiger partial charge in [0.2, 0.25) is 0 Å². The molecule has 13 heavy (non-hydrogen) atoms. The summed E-state index contributed by atoms with van der Waals surface area (Å²) in [7, 11) is 0. The van der Waals surface area contributed by atoms with Crippen LogP contribution in [0.5, 0.6) is 0 Å². The maximum atomic E-state index is 6.28. The van der Waals surface area contributed by atoms with Crippen LogP contribution in [0.15, 0.2) is 0 Å². The number of halogens is 1. The van der Waals surface area contributed by atoms with Crippen LogP contribution < -0.4 is 0 Å². The van der Waals surface area contributed by atoms with Crippen molar-refractivity contribution < 1.29 is 0 Å². The zero-order valence-electron chi connectivity index (χ0n) is 7.70. The maximum Gasteiger partial charge on any atom is 0.0372 e. The van der Waals surface area contributed by atoms with Crippen molar-refractivity contribution in [3.63, 3.8) is 0 Å². The van der Waals surface area contributed by atoms with Crippen molar-refractivity contribution in [3.05, 3.63) is 0 Å². The second-order valence-electron chi connectivity index (χ2n) is 6.21. The van der Waals surface area contributed by atoms with E-state index in [1.165, 1.54) is 36.0 Å². The van der Waals surface area contributed by atoms with E-state index in [0.717, 1.165) is 17.8 Å². The molecule has 5 fully saturated rings. The molecule has 5 saturated carbocycles. The highest BCUT2D eigenvalue weighted by atomic mass is 35.5. The fourth-order valence-electron chi connectivity index (χ4n) is 5.91. The van der Waals surface area contributed by atoms with Gasteiger partial charge in [-0.15, -0.1) is 11.6 Å². The van der Waals surface area contributed by atoms with Crippen LogP contribution in [-0.2, 0) is 0 Å². The van der Waals surface area contributed by atoms with Gasteiger partial charge in [-0.3, -0.25) is 0 Å². The average Bonchev–Trinajstić information content (AvgIpc) is 2.05. The molecule has 5 rings (SSSR count). The van der Waals surface area contributed by atoms with Crippen molar-refractivity contribution in [1.82, 2.24) is 0 Å². The molecule has 0 nitrogen and oxygen atoms in total. The summed E-state index contributed by atoms with van der Waals surface area (Å²) in [5, 5.41) is 0.589. The van der Waals surface area contributed by atoms with Crippen molar-refractivity contribution in [1.29, 1.82) is 0 Å². The van der Waals surface area contributed by atoms with Crippen molar-refractivity contribution in [2.24, 2.45) is 47.3 Å². The Morgan fingerprint density at radius 1 is 0.692 bits per heavy atom. The third-order valence-corrected chi connectivity index (χ3v) is 6.97. The van der Waals surface area contributed by atoms with Gasteiger partial charge in [0, 0.05) is 5.38 Å². The maximum absolute atomic E-state index is 6.28. The van der Waals surface area contributed by atoms with Crippen LogP contribution in [0.25, 0.3) is 0 Å². The Kier molecular flexibility index (Phi) is 0.882. The summed E-state index contributed by atoms with van der Waals surface area (Å²) in [5.41, 5.74) is 0. The van der Waals surface area contributed by atoms with Gasteiger partial charge in [0.15, 0.2) is 0 Å². The van der Waals surface area contributed by atoms with Gasteiger partial charge in [0.1, 0.15) is 0 Å². The molecule has 0 bridgehead atoms. The van der Waals surface area contributed by atoms with Crippen LogP contribution in [0.2, 0.25) is 0 Å². The van der Waals surface area contributed by atoms with Crippen molar-refractivity contribution in [3.8, 4) is 0 Å². The quantitative estimate of drug-likeness (QED) is 0.411. The minimum atomic E-state index is 0.589. The average molecular weight is 195 g/mol. The van der Waals surface area contributed by atoms with Gasteiger partial charge in [-0.2, -0.15) is 0 Å². The molecule has 5 aliphatic rings. The monoisotopic (exact) mass is 194 g/mol. The highest BCUT2D eigenvalue weighted by Gasteiger charge is 2.79. The smallest absolute Gasteiger partial charge is 0.0372 e. The fraction of sp³-hybridized carbons (Fsp3) is 1.00. The first kappa shape index (κ1) is 6.71. The Balaban J connectivity index is 1.49. The molecular formula is C12H15Cl. The van der Waals surface area contributed by atoms with Crippen molar-refractivity contribution in [2.75, 3.05) is 0 Å². The summed E-state index contributed by atoms with van der Waals surface area (Å²) in [4.78, 5) is 0. The Bertz CT molecular complexity index is 293. The molecule has 0 aromatic rings. The van der Waals surface area contributed by atoms with Gasteiger partial charge >= 0.3 is 0 Å². The lowest BCUT2D eigenvalue weighted by atomic mass is 9.21. The molecule has 0 spiro atoms. The van der Waals surface area contributed by atoms with E-state index in [0.29, 0.717) is 5.38 Å². The van der Waals surface area contributed by atoms with Gasteiger partial charge in [-0.1, -0.05) is 0 Å². The predicted octanol–water partition coefficient (Wildman–Crippen LogP) is 2.76. The molecule has 0 aromatic carbocycles. The van der Waals surface area contributed by atoms with Crippen LogP contribution in [0.1, 0.15) is 19.3 Å². The summed E-state index contributed by atoms with van der Waals surface area (Å²) in [6.07, 6.45) is 4.52. The van der Waals surface area contributed by atoms with E-state index in [9.17, 15) is 0 Å². The van der Waals surface area contributed by atoms with E-state index >= 15 is 0 Å². The Morgan fingerprint density at radius 2 is 1.31 bits per heavy atom. The second kappa shape index (κ2) is 1.71. The van der Waals surface area contributed by atoms with Crippen LogP contribution in [0.3, 0.4) is 0 Å². The first-order valence-corrected chi connectivity index (χ1v) is 6.45. The Hall–Kier alpha value is 0.290. The van der Waals surface area contributed by atoms with Crippen LogP contribution in [-0.4, -0.2) is 5.38 Å². The van der Waals surface area contributed by atoms with Crippen molar-refractivity contribution >= 4 is 11.6 Å². The van der Waals surface area contributed by atoms with E-state index in [1.807, 2.05) is 0 Å². The minimum Gasteiger partial charge on any atom is -0.123 e. The molecule has 5 aliphatic carbocycles. The summed E-state index contributed by atoms with van der Waals surface area (Å²) in [5.74, 6) is 9.23. The standard InChI is InChI=1S/C12H15Cl/c13-7-3-6-8(7)12-10-5-2-1-4(5)9(10)11(6)12/h4-12H,1-3H2/t4-,5+,6-,7-,8-,9+,10-,11-,12+/m0/s1. The summed E-state index contributed by atoms with van der Waals surface area (Å²) >= 11 is 6.28. The number of fused-ring (bicyclic) bond motifs is 10. The molecule has 0 N–H and O–H groups in total. The third-order valence-electron chi connectivity index (χ3n) is 6.50. The van der Waals surface area contributed by atoms with Gasteiger partial charge < -0.3 is 0 Å². The van der Waals surface area contributed by atoms with Crippen LogP contribution in [0.4, 0.5) is 0 Å². The first-order chi connectivity index (χ1) is 6.38. The molecule has 0 aliphatic heterocycles. The van der Waals surface area contributed by atoms with E-state index in [4.69, 9.17) is 11.6 Å². The molecule has 70 valence electrons. The number of rotatable bonds is 0. The minimum absolute atomic E-state index is 0.589. The fourth-order valence-corrected chi connectivity index (χ4v) is 6.47. The predicted molar refractivity (Wildman–Crippen MR) is 51.4 cm³/mol. The lowest BCUT2D eigenvalue weighted by Crippen LogP contribution is -2.81. The molecule has 1 heteroatoms. The molecule has 0 unspecified atom stereocenters. The normalized spacial score (nSPS) is 80.5. The van der Waals surface area contributed by atoms with Gasteiger partial charge in [0.25, 0.3) is 0 Å². The second-order valence-corrected chi connectivity index (χ2v) is 6.77. The summed E-state index contributed by atoms with van der Waals surface area (Å²) < 4.78 is 0. The molecule has 0 heterocycles. The molecule has 0 radical (unpaired) electrons. The highest BCUT2D eigenvalue weighted by molar-refractivity contribution is 6.21. The number of hydrogen-bond donors (Lipinski definition) is 0.